The van der Waals surface area contributed by atoms with E-state index in [1.165, 1.54) is 6.42 Å². The van der Waals surface area contributed by atoms with Crippen molar-refractivity contribution in [3.8, 4) is 11.5 Å². The summed E-state index contributed by atoms with van der Waals surface area (Å²) in [5.74, 6) is 0.420. The number of β-lactam (4-membered cyclic amide) rings is 1. The third-order valence-electron chi connectivity index (χ3n) is 7.21. The molecule has 2 fully saturated rings. The van der Waals surface area contributed by atoms with E-state index < -0.39 is 24.2 Å². The maximum atomic E-state index is 13.3. The second kappa shape index (κ2) is 12.0. The summed E-state index contributed by atoms with van der Waals surface area (Å²) in [4.78, 5) is 38.4. The van der Waals surface area contributed by atoms with Gasteiger partial charge in [-0.3, -0.25) is 14.4 Å². The number of amides is 3. The molecule has 1 aliphatic carbocycles. The van der Waals surface area contributed by atoms with Crippen LogP contribution in [-0.4, -0.2) is 42.6 Å². The number of carbonyl (C=O) groups is 3. The Kier molecular flexibility index (Phi) is 8.06. The van der Waals surface area contributed by atoms with Gasteiger partial charge in [-0.1, -0.05) is 80.6 Å². The van der Waals surface area contributed by atoms with E-state index in [0.29, 0.717) is 23.8 Å². The average Bonchev–Trinajstić information content (AvgIpc) is 2.95. The Bertz CT molecular complexity index is 1280. The molecular formula is C30H33N3O5. The van der Waals surface area contributed by atoms with Gasteiger partial charge in [-0.2, -0.15) is 0 Å². The molecule has 8 nitrogen and oxygen atoms in total. The molecule has 0 spiro atoms. The lowest BCUT2D eigenvalue weighted by Crippen LogP contribution is -2.72. The SMILES string of the molecule is O=C(COc1ccc2ccccc2c1)NC(CC1CCCCC1)C(=O)NC1C(=O)NC1Oc1ccccc1. The lowest BCUT2D eigenvalue weighted by Gasteiger charge is -2.37. The Morgan fingerprint density at radius 3 is 2.39 bits per heavy atom. The van der Waals surface area contributed by atoms with Gasteiger partial charge in [0, 0.05) is 0 Å². The van der Waals surface area contributed by atoms with Crippen LogP contribution in [-0.2, 0) is 14.4 Å². The molecule has 3 N–H and O–H groups in total. The van der Waals surface area contributed by atoms with Crippen LogP contribution in [0.2, 0.25) is 0 Å². The second-order valence-electron chi connectivity index (χ2n) is 10.0. The zero-order chi connectivity index (χ0) is 26.3. The molecular weight excluding hydrogens is 482 g/mol. The molecule has 0 radical (unpaired) electrons. The molecule has 1 aliphatic heterocycles. The highest BCUT2D eigenvalue weighted by atomic mass is 16.5. The zero-order valence-corrected chi connectivity index (χ0v) is 21.2. The molecule has 38 heavy (non-hydrogen) atoms. The van der Waals surface area contributed by atoms with E-state index in [-0.39, 0.29) is 18.4 Å². The fraction of sp³-hybridized carbons (Fsp3) is 0.367. The predicted molar refractivity (Wildman–Crippen MR) is 143 cm³/mol. The maximum Gasteiger partial charge on any atom is 0.258 e. The second-order valence-corrected chi connectivity index (χ2v) is 10.0. The molecule has 3 amide bonds. The fourth-order valence-electron chi connectivity index (χ4n) is 5.12. The van der Waals surface area contributed by atoms with Crippen LogP contribution >= 0.6 is 0 Å². The van der Waals surface area contributed by atoms with Gasteiger partial charge in [0.15, 0.2) is 12.6 Å². The topological polar surface area (TPSA) is 106 Å². The number of rotatable bonds is 10. The molecule has 5 rings (SSSR count). The molecule has 3 aromatic carbocycles. The van der Waals surface area contributed by atoms with Crippen LogP contribution in [0.3, 0.4) is 0 Å². The van der Waals surface area contributed by atoms with E-state index in [9.17, 15) is 14.4 Å². The molecule has 1 saturated carbocycles. The van der Waals surface area contributed by atoms with Crippen LogP contribution in [0.1, 0.15) is 38.5 Å². The van der Waals surface area contributed by atoms with E-state index >= 15 is 0 Å². The van der Waals surface area contributed by atoms with Crippen LogP contribution < -0.4 is 25.4 Å². The molecule has 3 unspecified atom stereocenters. The van der Waals surface area contributed by atoms with Crippen LogP contribution in [0.15, 0.2) is 72.8 Å². The van der Waals surface area contributed by atoms with E-state index in [1.54, 1.807) is 12.1 Å². The highest BCUT2D eigenvalue weighted by molar-refractivity contribution is 5.95. The van der Waals surface area contributed by atoms with Crippen molar-refractivity contribution in [3.63, 3.8) is 0 Å². The molecule has 2 aliphatic rings. The lowest BCUT2D eigenvalue weighted by atomic mass is 9.84. The first kappa shape index (κ1) is 25.6. The van der Waals surface area contributed by atoms with E-state index in [2.05, 4.69) is 16.0 Å². The number of benzene rings is 3. The first-order chi connectivity index (χ1) is 18.5. The minimum atomic E-state index is -0.831. The van der Waals surface area contributed by atoms with Crippen molar-refractivity contribution in [2.45, 2.75) is 56.8 Å². The number of carbonyl (C=O) groups excluding carboxylic acids is 3. The van der Waals surface area contributed by atoms with Gasteiger partial charge < -0.3 is 25.4 Å². The molecule has 1 saturated heterocycles. The Balaban J connectivity index is 1.20. The van der Waals surface area contributed by atoms with Crippen molar-refractivity contribution < 1.29 is 23.9 Å². The summed E-state index contributed by atoms with van der Waals surface area (Å²) >= 11 is 0. The molecule has 3 atom stereocenters. The summed E-state index contributed by atoms with van der Waals surface area (Å²) in [6, 6.07) is 21.1. The third kappa shape index (κ3) is 6.43. The normalized spacial score (nSPS) is 20.1. The first-order valence-electron chi connectivity index (χ1n) is 13.3. The molecule has 8 heteroatoms. The van der Waals surface area contributed by atoms with Crippen molar-refractivity contribution >= 4 is 28.5 Å². The van der Waals surface area contributed by atoms with Crippen molar-refractivity contribution in [2.24, 2.45) is 5.92 Å². The zero-order valence-electron chi connectivity index (χ0n) is 21.2. The monoisotopic (exact) mass is 515 g/mol. The molecule has 0 bridgehead atoms. The van der Waals surface area contributed by atoms with Crippen LogP contribution in [0.4, 0.5) is 0 Å². The van der Waals surface area contributed by atoms with Gasteiger partial charge in [0.2, 0.25) is 12.1 Å². The number of nitrogens with one attached hydrogen (secondary N) is 3. The molecule has 198 valence electrons. The van der Waals surface area contributed by atoms with Gasteiger partial charge in [-0.05, 0) is 47.4 Å². The van der Waals surface area contributed by atoms with Crippen LogP contribution in [0.5, 0.6) is 11.5 Å². The summed E-state index contributed by atoms with van der Waals surface area (Å²) in [6.07, 6.45) is 5.34. The van der Waals surface area contributed by atoms with E-state index in [4.69, 9.17) is 9.47 Å². The summed E-state index contributed by atoms with van der Waals surface area (Å²) < 4.78 is 11.5. The molecule has 1 heterocycles. The minimum Gasteiger partial charge on any atom is -0.484 e. The average molecular weight is 516 g/mol. The van der Waals surface area contributed by atoms with Gasteiger partial charge in [0.1, 0.15) is 17.5 Å². The summed E-state index contributed by atoms with van der Waals surface area (Å²) in [5.41, 5.74) is 0. The van der Waals surface area contributed by atoms with E-state index in [0.717, 1.165) is 36.5 Å². The van der Waals surface area contributed by atoms with Gasteiger partial charge in [0.25, 0.3) is 11.8 Å². The Labute approximate surface area is 222 Å². The Hall–Kier alpha value is -4.07. The van der Waals surface area contributed by atoms with Crippen molar-refractivity contribution in [1.29, 1.82) is 0 Å². The summed E-state index contributed by atoms with van der Waals surface area (Å²) in [7, 11) is 0. The smallest absolute Gasteiger partial charge is 0.258 e. The lowest BCUT2D eigenvalue weighted by molar-refractivity contribution is -0.144. The number of hydrogen-bond donors (Lipinski definition) is 3. The van der Waals surface area contributed by atoms with Gasteiger partial charge in [0.05, 0.1) is 0 Å². The molecule has 0 aromatic heterocycles. The van der Waals surface area contributed by atoms with Gasteiger partial charge in [-0.25, -0.2) is 0 Å². The molecule has 3 aromatic rings. The standard InChI is InChI=1S/C30H33N3O5/c34-26(19-37-24-16-15-21-11-7-8-12-22(21)18-24)31-25(17-20-9-3-1-4-10-20)28(35)32-27-29(36)33-30(27)38-23-13-5-2-6-14-23/h2,5-8,11-16,18,20,25,27,30H,1,3-4,9-10,17,19H2,(H,31,34)(H,32,35)(H,33,36). The summed E-state index contributed by atoms with van der Waals surface area (Å²) in [5, 5.41) is 10.4. The number of hydrogen-bond acceptors (Lipinski definition) is 5. The van der Waals surface area contributed by atoms with Crippen molar-refractivity contribution in [3.05, 3.63) is 72.8 Å². The van der Waals surface area contributed by atoms with Crippen LogP contribution in [0, 0.1) is 5.92 Å². The highest BCUT2D eigenvalue weighted by Crippen LogP contribution is 2.28. The number of fused-ring (bicyclic) bond motifs is 1. The first-order valence-corrected chi connectivity index (χ1v) is 13.3. The van der Waals surface area contributed by atoms with Gasteiger partial charge in [-0.15, -0.1) is 0 Å². The third-order valence-corrected chi connectivity index (χ3v) is 7.21. The fourth-order valence-corrected chi connectivity index (χ4v) is 5.12. The van der Waals surface area contributed by atoms with Crippen molar-refractivity contribution in [1.82, 2.24) is 16.0 Å². The number of ether oxygens (including phenoxy) is 2. The largest absolute Gasteiger partial charge is 0.484 e. The van der Waals surface area contributed by atoms with Gasteiger partial charge >= 0.3 is 0 Å². The van der Waals surface area contributed by atoms with Crippen molar-refractivity contribution in [2.75, 3.05) is 6.61 Å². The van der Waals surface area contributed by atoms with E-state index in [1.807, 2.05) is 60.7 Å². The predicted octanol–water partition coefficient (Wildman–Crippen LogP) is 3.69. The van der Waals surface area contributed by atoms with Crippen LogP contribution in [0.25, 0.3) is 10.8 Å². The summed E-state index contributed by atoms with van der Waals surface area (Å²) in [6.45, 7) is -0.212. The number of para-hydroxylation sites is 1. The Morgan fingerprint density at radius 2 is 1.63 bits per heavy atom. The maximum absolute atomic E-state index is 13.3. The quantitative estimate of drug-likeness (QED) is 0.357. The minimum absolute atomic E-state index is 0.212. The highest BCUT2D eigenvalue weighted by Gasteiger charge is 2.43. The Morgan fingerprint density at radius 1 is 0.895 bits per heavy atom.